The fraction of sp³-hybridized carbons (Fsp3) is 0.333. The smallest absolute Gasteiger partial charge is 0.258 e. The maximum absolute atomic E-state index is 12.2. The van der Waals surface area contributed by atoms with Crippen molar-refractivity contribution in [3.05, 3.63) is 53.1 Å². The van der Waals surface area contributed by atoms with Gasteiger partial charge in [0.1, 0.15) is 11.8 Å². The van der Waals surface area contributed by atoms with Gasteiger partial charge in [-0.3, -0.25) is 4.21 Å². The zero-order valence-corrected chi connectivity index (χ0v) is 19.2. The number of ether oxygens (including phenoxy) is 1. The first-order valence-corrected chi connectivity index (χ1v) is 12.6. The molecule has 0 radical (unpaired) electrons. The molecule has 1 unspecified atom stereocenters. The predicted molar refractivity (Wildman–Crippen MR) is 126 cm³/mol. The second kappa shape index (κ2) is 8.77. The lowest BCUT2D eigenvalue weighted by molar-refractivity contribution is 0.241. The molecule has 1 aromatic heterocycles. The average molecular weight is 451 g/mol. The van der Waals surface area contributed by atoms with Gasteiger partial charge in [0, 0.05) is 33.1 Å². The Morgan fingerprint density at radius 1 is 1.34 bits per heavy atom. The third kappa shape index (κ3) is 4.69. The molecule has 0 bridgehead atoms. The van der Waals surface area contributed by atoms with Crippen molar-refractivity contribution in [3.8, 4) is 34.7 Å². The quantitative estimate of drug-likeness (QED) is 0.562. The van der Waals surface area contributed by atoms with E-state index in [9.17, 15) is 9.47 Å². The van der Waals surface area contributed by atoms with E-state index in [1.807, 2.05) is 32.0 Å². The Labute approximate surface area is 188 Å². The summed E-state index contributed by atoms with van der Waals surface area (Å²) < 4.78 is 26.6. The lowest BCUT2D eigenvalue weighted by Crippen LogP contribution is -2.30. The van der Waals surface area contributed by atoms with E-state index in [2.05, 4.69) is 32.9 Å². The molecule has 3 aromatic rings. The number of aromatic nitrogens is 2. The van der Waals surface area contributed by atoms with E-state index in [0.717, 1.165) is 36.0 Å². The lowest BCUT2D eigenvalue weighted by atomic mass is 9.85. The first-order valence-electron chi connectivity index (χ1n) is 10.5. The third-order valence-electron chi connectivity index (χ3n) is 5.28. The minimum atomic E-state index is -2.33. The molecular formula is C24H26N4O3S. The molecular weight excluding hydrogens is 424 g/mol. The first kappa shape index (κ1) is 22.1. The van der Waals surface area contributed by atoms with Crippen LogP contribution in [0.1, 0.15) is 49.4 Å². The molecule has 0 spiro atoms. The van der Waals surface area contributed by atoms with Crippen LogP contribution in [0.15, 0.2) is 40.9 Å². The number of nitriles is 1. The van der Waals surface area contributed by atoms with Crippen LogP contribution in [0.3, 0.4) is 0 Å². The minimum absolute atomic E-state index is 0.0215. The van der Waals surface area contributed by atoms with Crippen molar-refractivity contribution in [1.82, 2.24) is 14.9 Å². The summed E-state index contributed by atoms with van der Waals surface area (Å²) in [6.07, 6.45) is 4.33. The van der Waals surface area contributed by atoms with Gasteiger partial charge in [0.15, 0.2) is 0 Å². The molecule has 1 aliphatic carbocycles. The summed E-state index contributed by atoms with van der Waals surface area (Å²) in [4.78, 5) is 4.61. The molecule has 32 heavy (non-hydrogen) atoms. The number of nitrogens with zero attached hydrogens (tertiary/aromatic N) is 3. The highest BCUT2D eigenvalue weighted by atomic mass is 32.2. The standard InChI is InChI=1S/C24H26N4O3S/c1-15(2)30-22-12-11-16(13-17(22)14-25)24-26-23(27-31-24)20-9-5-8-19-18(20)7-6-10-21(19)28-32(3,4)29/h5,8-9,11-13,15,21H,3,6-7,10H2,1-2,4H3,(H,28,29)/t21-,32?/m1/s1. The molecule has 0 aliphatic heterocycles. The minimum Gasteiger partial charge on any atom is -0.490 e. The molecule has 1 aliphatic rings. The predicted octanol–water partition coefficient (Wildman–Crippen LogP) is 4.29. The number of nitrogens with one attached hydrogen (secondary N) is 1. The molecule has 2 atom stereocenters. The van der Waals surface area contributed by atoms with Gasteiger partial charge in [0.05, 0.1) is 11.7 Å². The second-order valence-corrected chi connectivity index (χ2v) is 10.6. The van der Waals surface area contributed by atoms with Gasteiger partial charge in [-0.1, -0.05) is 23.4 Å². The Hall–Kier alpha value is -3.15. The van der Waals surface area contributed by atoms with E-state index < -0.39 is 9.71 Å². The molecule has 0 fully saturated rings. The van der Waals surface area contributed by atoms with Crippen LogP contribution in [0.4, 0.5) is 0 Å². The van der Waals surface area contributed by atoms with Gasteiger partial charge in [-0.2, -0.15) is 10.2 Å². The topological polar surface area (TPSA) is 101 Å². The number of fused-ring (bicyclic) bond motifs is 1. The van der Waals surface area contributed by atoms with Crippen LogP contribution >= 0.6 is 0 Å². The van der Waals surface area contributed by atoms with E-state index >= 15 is 0 Å². The monoisotopic (exact) mass is 450 g/mol. The van der Waals surface area contributed by atoms with Crippen LogP contribution in [-0.4, -0.2) is 32.6 Å². The normalized spacial score (nSPS) is 17.4. The van der Waals surface area contributed by atoms with Gasteiger partial charge in [0.25, 0.3) is 5.89 Å². The summed E-state index contributed by atoms with van der Waals surface area (Å²) in [6.45, 7) is 3.83. The van der Waals surface area contributed by atoms with Crippen LogP contribution in [0.25, 0.3) is 22.8 Å². The Bertz CT molecular complexity index is 1290. The largest absolute Gasteiger partial charge is 0.490 e. The molecule has 0 amide bonds. The summed E-state index contributed by atoms with van der Waals surface area (Å²) >= 11 is 0. The highest BCUT2D eigenvalue weighted by molar-refractivity contribution is 7.97. The summed E-state index contributed by atoms with van der Waals surface area (Å²) in [6, 6.07) is 13.4. The summed E-state index contributed by atoms with van der Waals surface area (Å²) in [5, 5.41) is 13.7. The summed E-state index contributed by atoms with van der Waals surface area (Å²) in [5.74, 6) is 5.09. The number of rotatable bonds is 6. The molecule has 2 aromatic carbocycles. The molecule has 0 saturated carbocycles. The van der Waals surface area contributed by atoms with Crippen molar-refractivity contribution in [3.63, 3.8) is 0 Å². The van der Waals surface area contributed by atoms with Gasteiger partial charge in [0.2, 0.25) is 5.82 Å². The van der Waals surface area contributed by atoms with Crippen LogP contribution in [0.5, 0.6) is 5.75 Å². The summed E-state index contributed by atoms with van der Waals surface area (Å²) in [5.41, 5.74) is 4.20. The van der Waals surface area contributed by atoms with Crippen LogP contribution < -0.4 is 9.46 Å². The fourth-order valence-electron chi connectivity index (χ4n) is 4.04. The van der Waals surface area contributed by atoms with Crippen molar-refractivity contribution in [2.24, 2.45) is 0 Å². The molecule has 4 rings (SSSR count). The van der Waals surface area contributed by atoms with Crippen molar-refractivity contribution >= 4 is 15.6 Å². The van der Waals surface area contributed by atoms with E-state index in [-0.39, 0.29) is 12.1 Å². The Balaban J connectivity index is 1.68. The fourth-order valence-corrected chi connectivity index (χ4v) is 4.89. The molecule has 0 saturated heterocycles. The van der Waals surface area contributed by atoms with Crippen molar-refractivity contribution < 1.29 is 13.5 Å². The Kier molecular flexibility index (Phi) is 6.04. The maximum Gasteiger partial charge on any atom is 0.258 e. The highest BCUT2D eigenvalue weighted by Crippen LogP contribution is 2.36. The van der Waals surface area contributed by atoms with Gasteiger partial charge in [-0.05, 0) is 68.3 Å². The Morgan fingerprint density at radius 2 is 2.16 bits per heavy atom. The maximum atomic E-state index is 12.2. The van der Waals surface area contributed by atoms with Crippen LogP contribution in [0.2, 0.25) is 0 Å². The van der Waals surface area contributed by atoms with Gasteiger partial charge < -0.3 is 9.26 Å². The zero-order valence-electron chi connectivity index (χ0n) is 18.4. The molecule has 166 valence electrons. The zero-order chi connectivity index (χ0) is 22.9. The van der Waals surface area contributed by atoms with Crippen molar-refractivity contribution in [2.75, 3.05) is 6.26 Å². The van der Waals surface area contributed by atoms with Crippen LogP contribution in [0, 0.1) is 11.3 Å². The average Bonchev–Trinajstić information content (AvgIpc) is 3.22. The lowest BCUT2D eigenvalue weighted by Gasteiger charge is -2.28. The molecule has 8 heteroatoms. The van der Waals surface area contributed by atoms with Gasteiger partial charge in [-0.15, -0.1) is 0 Å². The Morgan fingerprint density at radius 3 is 2.88 bits per heavy atom. The second-order valence-electron chi connectivity index (χ2n) is 8.35. The summed E-state index contributed by atoms with van der Waals surface area (Å²) in [7, 11) is -2.33. The molecule has 1 N–H and O–H groups in total. The number of benzene rings is 2. The van der Waals surface area contributed by atoms with Crippen molar-refractivity contribution in [1.29, 1.82) is 5.26 Å². The molecule has 1 heterocycles. The molecule has 7 nitrogen and oxygen atoms in total. The highest BCUT2D eigenvalue weighted by Gasteiger charge is 2.25. The third-order valence-corrected chi connectivity index (χ3v) is 6.06. The van der Waals surface area contributed by atoms with Gasteiger partial charge in [-0.25, -0.2) is 4.72 Å². The number of hydrogen-bond acceptors (Lipinski definition) is 6. The van der Waals surface area contributed by atoms with E-state index in [0.29, 0.717) is 28.6 Å². The van der Waals surface area contributed by atoms with Crippen LogP contribution in [-0.2, 0) is 16.1 Å². The van der Waals surface area contributed by atoms with E-state index in [1.165, 1.54) is 0 Å². The van der Waals surface area contributed by atoms with Gasteiger partial charge >= 0.3 is 0 Å². The first-order chi connectivity index (χ1) is 15.2. The number of hydrogen-bond donors (Lipinski definition) is 1. The van der Waals surface area contributed by atoms with E-state index in [4.69, 9.17) is 9.26 Å². The van der Waals surface area contributed by atoms with E-state index in [1.54, 1.807) is 18.4 Å². The van der Waals surface area contributed by atoms with Crippen molar-refractivity contribution in [2.45, 2.75) is 45.3 Å². The SMILES string of the molecule is C=S(C)(=O)N[C@@H]1CCCc2c(-c3noc(-c4ccc(OC(C)C)c(C#N)c4)n3)cccc21.